The number of carbonyl (C=O) groups is 3. The van der Waals surface area contributed by atoms with Crippen LogP contribution in [-0.4, -0.2) is 28.1 Å². The smallest absolute Gasteiger partial charge is 0.326 e. The average Bonchev–Trinajstić information content (AvgIpc) is 2.91. The number of benzene rings is 1. The number of fused-ring (bicyclic) bond motifs is 1. The molecule has 2 aromatic rings. The summed E-state index contributed by atoms with van der Waals surface area (Å²) in [6, 6.07) is 4.84. The minimum Gasteiger partial charge on any atom is -0.426 e. The molecule has 5 nitrogen and oxygen atoms in total. The van der Waals surface area contributed by atoms with Gasteiger partial charge in [-0.15, -0.1) is 11.6 Å². The molecule has 0 saturated heterocycles. The average molecular weight is 336 g/mol. The van der Waals surface area contributed by atoms with Gasteiger partial charge in [0.2, 0.25) is 5.91 Å². The number of alkyl halides is 1. The van der Waals surface area contributed by atoms with Gasteiger partial charge in [-0.25, -0.2) is 0 Å². The van der Waals surface area contributed by atoms with Crippen molar-refractivity contribution in [2.75, 3.05) is 5.88 Å². The van der Waals surface area contributed by atoms with Crippen LogP contribution in [0, 0.1) is 0 Å². The molecule has 2 rings (SSSR count). The fraction of sp³-hybridized carbons (Fsp3) is 0.353. The number of unbranched alkanes of at least 4 members (excludes halogenated alkanes) is 1. The summed E-state index contributed by atoms with van der Waals surface area (Å²) in [6.07, 6.45) is 3.62. The van der Waals surface area contributed by atoms with Crippen molar-refractivity contribution in [2.45, 2.75) is 33.1 Å². The molecule has 0 unspecified atom stereocenters. The number of Topliss-reactive ketones (excluding diaryl/α,β-unsaturated/α-hetero) is 1. The molecule has 6 heteroatoms. The molecule has 0 saturated carbocycles. The first-order valence-electron chi connectivity index (χ1n) is 7.43. The third-order valence-electron chi connectivity index (χ3n) is 3.51. The van der Waals surface area contributed by atoms with Gasteiger partial charge in [-0.05, 0) is 25.5 Å². The summed E-state index contributed by atoms with van der Waals surface area (Å²) in [7, 11) is 0. The van der Waals surface area contributed by atoms with E-state index in [1.54, 1.807) is 24.4 Å². The van der Waals surface area contributed by atoms with Crippen molar-refractivity contribution in [3.05, 3.63) is 30.0 Å². The first kappa shape index (κ1) is 17.2. The van der Waals surface area contributed by atoms with Gasteiger partial charge >= 0.3 is 5.97 Å². The lowest BCUT2D eigenvalue weighted by molar-refractivity contribution is -0.131. The zero-order valence-electron chi connectivity index (χ0n) is 13.1. The molecule has 1 aromatic carbocycles. The van der Waals surface area contributed by atoms with E-state index in [1.165, 1.54) is 11.5 Å². The Morgan fingerprint density at radius 3 is 2.61 bits per heavy atom. The van der Waals surface area contributed by atoms with Crippen LogP contribution in [-0.2, 0) is 4.79 Å². The number of halogens is 1. The largest absolute Gasteiger partial charge is 0.426 e. The van der Waals surface area contributed by atoms with Crippen LogP contribution in [0.25, 0.3) is 10.9 Å². The molecule has 0 aliphatic heterocycles. The Morgan fingerprint density at radius 2 is 2.00 bits per heavy atom. The first-order chi connectivity index (χ1) is 11.0. The third kappa shape index (κ3) is 3.79. The molecular formula is C17H18ClNO4. The number of nitrogens with zero attached hydrogens (tertiary/aromatic N) is 1. The van der Waals surface area contributed by atoms with E-state index < -0.39 is 5.97 Å². The number of esters is 1. The molecule has 23 heavy (non-hydrogen) atoms. The highest BCUT2D eigenvalue weighted by Crippen LogP contribution is 2.27. The van der Waals surface area contributed by atoms with Gasteiger partial charge in [-0.2, -0.15) is 0 Å². The number of aromatic nitrogens is 1. The van der Waals surface area contributed by atoms with Crippen LogP contribution in [0.3, 0.4) is 0 Å². The quantitative estimate of drug-likeness (QED) is 0.348. The number of ether oxygens (including phenoxy) is 1. The van der Waals surface area contributed by atoms with Crippen LogP contribution in [0.4, 0.5) is 0 Å². The highest BCUT2D eigenvalue weighted by Gasteiger charge is 2.17. The summed E-state index contributed by atoms with van der Waals surface area (Å²) in [5, 5.41) is 0.660. The highest BCUT2D eigenvalue weighted by atomic mass is 35.5. The Hall–Kier alpha value is -2.14. The van der Waals surface area contributed by atoms with Crippen molar-refractivity contribution in [3.8, 4) is 5.75 Å². The molecule has 0 aliphatic carbocycles. The van der Waals surface area contributed by atoms with E-state index in [4.69, 9.17) is 16.3 Å². The van der Waals surface area contributed by atoms with Crippen molar-refractivity contribution in [3.63, 3.8) is 0 Å². The van der Waals surface area contributed by atoms with Crippen LogP contribution < -0.4 is 4.74 Å². The molecule has 122 valence electrons. The van der Waals surface area contributed by atoms with Crippen LogP contribution in [0.5, 0.6) is 5.75 Å². The number of hydrogen-bond donors (Lipinski definition) is 0. The Labute approximate surface area is 139 Å². The lowest BCUT2D eigenvalue weighted by atomic mass is 10.1. The maximum atomic E-state index is 12.4. The van der Waals surface area contributed by atoms with Crippen LogP contribution in [0.2, 0.25) is 0 Å². The zero-order chi connectivity index (χ0) is 17.0. The lowest BCUT2D eigenvalue weighted by Gasteiger charge is -2.06. The molecule has 0 spiro atoms. The maximum absolute atomic E-state index is 12.4. The topological polar surface area (TPSA) is 65.4 Å². The number of rotatable bonds is 6. The molecule has 0 radical (unpaired) electrons. The molecule has 0 aliphatic rings. The maximum Gasteiger partial charge on any atom is 0.326 e. The number of hydrogen-bond acceptors (Lipinski definition) is 4. The molecule has 1 heterocycles. The number of ketones is 1. The summed E-state index contributed by atoms with van der Waals surface area (Å²) in [5.74, 6) is -0.755. The first-order valence-corrected chi connectivity index (χ1v) is 7.97. The highest BCUT2D eigenvalue weighted by molar-refractivity contribution is 6.26. The summed E-state index contributed by atoms with van der Waals surface area (Å²) >= 11 is 5.43. The monoisotopic (exact) mass is 335 g/mol. The van der Waals surface area contributed by atoms with Gasteiger partial charge in [0, 0.05) is 29.6 Å². The normalized spacial score (nSPS) is 10.7. The van der Waals surface area contributed by atoms with E-state index >= 15 is 0 Å². The summed E-state index contributed by atoms with van der Waals surface area (Å²) in [6.45, 7) is 3.46. The summed E-state index contributed by atoms with van der Waals surface area (Å²) < 4.78 is 6.53. The molecule has 0 N–H and O–H groups in total. The van der Waals surface area contributed by atoms with Crippen LogP contribution >= 0.6 is 11.6 Å². The van der Waals surface area contributed by atoms with Gasteiger partial charge in [-0.3, -0.25) is 19.0 Å². The van der Waals surface area contributed by atoms with Gasteiger partial charge in [0.25, 0.3) is 0 Å². The minimum absolute atomic E-state index is 0.0924. The third-order valence-corrected chi connectivity index (χ3v) is 3.73. The van der Waals surface area contributed by atoms with E-state index in [-0.39, 0.29) is 17.6 Å². The second-order valence-electron chi connectivity index (χ2n) is 5.25. The Kier molecular flexibility index (Phi) is 5.55. The molecule has 0 bridgehead atoms. The van der Waals surface area contributed by atoms with Crippen molar-refractivity contribution in [1.82, 2.24) is 4.57 Å². The number of carbonyl (C=O) groups excluding carboxylic acids is 3. The van der Waals surface area contributed by atoms with E-state index in [9.17, 15) is 14.4 Å². The Balaban J connectivity index is 2.51. The minimum atomic E-state index is -0.576. The summed E-state index contributed by atoms with van der Waals surface area (Å²) in [5.41, 5.74) is 1.02. The van der Waals surface area contributed by atoms with E-state index in [0.717, 1.165) is 12.8 Å². The predicted octanol–water partition coefficient (Wildman–Crippen LogP) is 3.82. The molecular weight excluding hydrogens is 318 g/mol. The van der Waals surface area contributed by atoms with Crippen molar-refractivity contribution >= 4 is 40.2 Å². The van der Waals surface area contributed by atoms with Gasteiger partial charge in [-0.1, -0.05) is 13.3 Å². The van der Waals surface area contributed by atoms with E-state index in [2.05, 4.69) is 0 Å². The van der Waals surface area contributed by atoms with E-state index in [0.29, 0.717) is 28.6 Å². The second kappa shape index (κ2) is 7.42. The van der Waals surface area contributed by atoms with E-state index in [1.807, 2.05) is 6.92 Å². The van der Waals surface area contributed by atoms with Crippen LogP contribution in [0.15, 0.2) is 24.4 Å². The van der Waals surface area contributed by atoms with Gasteiger partial charge in [0.1, 0.15) is 11.6 Å². The Bertz CT molecular complexity index is 763. The van der Waals surface area contributed by atoms with Gasteiger partial charge < -0.3 is 4.74 Å². The fourth-order valence-corrected chi connectivity index (χ4v) is 2.42. The predicted molar refractivity (Wildman–Crippen MR) is 88.4 cm³/mol. The van der Waals surface area contributed by atoms with Gasteiger partial charge in [0.05, 0.1) is 5.52 Å². The standard InChI is InChI=1S/C17H18ClNO4/c1-3-4-5-16(21)19-10-14(11(2)20)13-7-6-12(8-15(13)19)23-17(22)9-18/h6-8,10H,3-5,9H2,1-2H3. The van der Waals surface area contributed by atoms with Crippen molar-refractivity contribution < 1.29 is 19.1 Å². The van der Waals surface area contributed by atoms with Crippen molar-refractivity contribution in [2.24, 2.45) is 0 Å². The molecule has 0 atom stereocenters. The summed E-state index contributed by atoms with van der Waals surface area (Å²) in [4.78, 5) is 35.5. The Morgan fingerprint density at radius 1 is 1.26 bits per heavy atom. The zero-order valence-corrected chi connectivity index (χ0v) is 13.9. The fourth-order valence-electron chi connectivity index (χ4n) is 2.36. The molecule has 0 amide bonds. The van der Waals surface area contributed by atoms with Crippen LogP contribution in [0.1, 0.15) is 48.3 Å². The lowest BCUT2D eigenvalue weighted by Crippen LogP contribution is -2.10. The van der Waals surface area contributed by atoms with Crippen molar-refractivity contribution in [1.29, 1.82) is 0 Å². The molecule has 1 aromatic heterocycles. The SMILES string of the molecule is CCCCC(=O)n1cc(C(C)=O)c2ccc(OC(=O)CCl)cc21. The molecule has 0 fully saturated rings. The van der Waals surface area contributed by atoms with Gasteiger partial charge in [0.15, 0.2) is 5.78 Å². The second-order valence-corrected chi connectivity index (χ2v) is 5.52.